The number of pyridine rings is 1. The van der Waals surface area contributed by atoms with E-state index < -0.39 is 0 Å². The molecule has 84 valence electrons. The molecule has 0 saturated carbocycles. The Labute approximate surface area is 113 Å². The van der Waals surface area contributed by atoms with Gasteiger partial charge in [-0.2, -0.15) is 0 Å². The summed E-state index contributed by atoms with van der Waals surface area (Å²) in [5, 5.41) is 1.65. The lowest BCUT2D eigenvalue weighted by molar-refractivity contribution is 1.03. The summed E-state index contributed by atoms with van der Waals surface area (Å²) in [6.07, 6.45) is 0.894. The summed E-state index contributed by atoms with van der Waals surface area (Å²) in [5.74, 6) is 0. The van der Waals surface area contributed by atoms with E-state index in [0.29, 0.717) is 5.02 Å². The average molecular weight is 347 g/mol. The number of nitrogen functional groups attached to an aromatic ring is 1. The van der Waals surface area contributed by atoms with Crippen LogP contribution in [0.5, 0.6) is 0 Å². The maximum Gasteiger partial charge on any atom is 0.0860 e. The second kappa shape index (κ2) is 4.37. The number of nitrogens with zero attached hydrogens (tertiary/aromatic N) is 1. The zero-order chi connectivity index (χ0) is 11.9. The van der Waals surface area contributed by atoms with E-state index in [1.165, 1.54) is 0 Å². The fraction of sp³-hybridized carbons (Fsp3) is 0.250. The van der Waals surface area contributed by atoms with Gasteiger partial charge in [0, 0.05) is 25.4 Å². The molecule has 2 rings (SSSR count). The molecule has 0 bridgehead atoms. The molecule has 4 heteroatoms. The van der Waals surface area contributed by atoms with Gasteiger partial charge in [-0.1, -0.05) is 18.5 Å². The minimum atomic E-state index is 0.703. The molecule has 1 heterocycles. The van der Waals surface area contributed by atoms with E-state index in [4.69, 9.17) is 17.3 Å². The molecular weight excluding hydrogens is 335 g/mol. The molecule has 2 N–H and O–H groups in total. The zero-order valence-corrected chi connectivity index (χ0v) is 12.1. The molecular formula is C12H12ClIN2. The molecule has 0 aliphatic heterocycles. The average Bonchev–Trinajstić information content (AvgIpc) is 2.24. The number of hydrogen-bond acceptors (Lipinski definition) is 2. The SMILES string of the molecule is CCc1nc2c(I)cc(Cl)cc2c(N)c1C. The number of aryl methyl sites for hydroxylation is 1. The van der Waals surface area contributed by atoms with Crippen LogP contribution in [-0.4, -0.2) is 4.98 Å². The van der Waals surface area contributed by atoms with Crippen LogP contribution >= 0.6 is 34.2 Å². The number of benzene rings is 1. The number of fused-ring (bicyclic) bond motifs is 1. The molecule has 0 aliphatic carbocycles. The normalized spacial score (nSPS) is 11.0. The fourth-order valence-electron chi connectivity index (χ4n) is 1.81. The van der Waals surface area contributed by atoms with Crippen molar-refractivity contribution in [1.29, 1.82) is 0 Å². The van der Waals surface area contributed by atoms with Crippen molar-refractivity contribution >= 4 is 50.8 Å². The van der Waals surface area contributed by atoms with E-state index in [-0.39, 0.29) is 0 Å². The van der Waals surface area contributed by atoms with Gasteiger partial charge in [-0.25, -0.2) is 0 Å². The predicted molar refractivity (Wildman–Crippen MR) is 78.0 cm³/mol. The molecule has 2 aromatic rings. The van der Waals surface area contributed by atoms with Gasteiger partial charge in [0.25, 0.3) is 0 Å². The quantitative estimate of drug-likeness (QED) is 0.794. The Bertz CT molecular complexity index is 567. The summed E-state index contributed by atoms with van der Waals surface area (Å²) in [6.45, 7) is 4.10. The van der Waals surface area contributed by atoms with Crippen LogP contribution in [0.4, 0.5) is 5.69 Å². The highest BCUT2D eigenvalue weighted by Crippen LogP contribution is 2.31. The number of anilines is 1. The summed E-state index contributed by atoms with van der Waals surface area (Å²) in [6, 6.07) is 3.79. The third-order valence-electron chi connectivity index (χ3n) is 2.74. The Balaban J connectivity index is 2.92. The van der Waals surface area contributed by atoms with E-state index in [2.05, 4.69) is 34.5 Å². The molecule has 16 heavy (non-hydrogen) atoms. The van der Waals surface area contributed by atoms with Crippen molar-refractivity contribution in [1.82, 2.24) is 4.98 Å². The zero-order valence-electron chi connectivity index (χ0n) is 9.14. The largest absolute Gasteiger partial charge is 0.398 e. The van der Waals surface area contributed by atoms with Crippen molar-refractivity contribution in [2.24, 2.45) is 0 Å². The van der Waals surface area contributed by atoms with Crippen LogP contribution in [0.15, 0.2) is 12.1 Å². The van der Waals surface area contributed by atoms with Crippen LogP contribution in [0, 0.1) is 10.5 Å². The van der Waals surface area contributed by atoms with Crippen LogP contribution < -0.4 is 5.73 Å². The Morgan fingerprint density at radius 2 is 2.12 bits per heavy atom. The third-order valence-corrected chi connectivity index (χ3v) is 3.78. The Morgan fingerprint density at radius 1 is 1.44 bits per heavy atom. The Hall–Kier alpha value is -0.550. The van der Waals surface area contributed by atoms with Gasteiger partial charge in [0.1, 0.15) is 0 Å². The summed E-state index contributed by atoms with van der Waals surface area (Å²) >= 11 is 8.28. The van der Waals surface area contributed by atoms with Crippen LogP contribution in [0.1, 0.15) is 18.2 Å². The minimum absolute atomic E-state index is 0.703. The van der Waals surface area contributed by atoms with Crippen molar-refractivity contribution in [3.05, 3.63) is 32.0 Å². The monoisotopic (exact) mass is 346 g/mol. The smallest absolute Gasteiger partial charge is 0.0860 e. The molecule has 0 radical (unpaired) electrons. The molecule has 1 aromatic carbocycles. The molecule has 0 spiro atoms. The first-order valence-corrected chi connectivity index (χ1v) is 6.54. The number of hydrogen-bond donors (Lipinski definition) is 1. The second-order valence-electron chi connectivity index (χ2n) is 3.73. The number of halogens is 2. The highest BCUT2D eigenvalue weighted by molar-refractivity contribution is 14.1. The molecule has 2 nitrogen and oxygen atoms in total. The molecule has 0 saturated heterocycles. The highest BCUT2D eigenvalue weighted by atomic mass is 127. The molecule has 0 atom stereocenters. The van der Waals surface area contributed by atoms with Gasteiger partial charge >= 0.3 is 0 Å². The van der Waals surface area contributed by atoms with Crippen molar-refractivity contribution < 1.29 is 0 Å². The Kier molecular flexibility index (Phi) is 3.26. The predicted octanol–water partition coefficient (Wildman–Crippen LogP) is 3.95. The first-order valence-electron chi connectivity index (χ1n) is 5.08. The summed E-state index contributed by atoms with van der Waals surface area (Å²) < 4.78 is 1.04. The number of nitrogens with two attached hydrogens (primary N) is 1. The van der Waals surface area contributed by atoms with Crippen molar-refractivity contribution in [3.63, 3.8) is 0 Å². The van der Waals surface area contributed by atoms with E-state index >= 15 is 0 Å². The fourth-order valence-corrected chi connectivity index (χ4v) is 2.95. The van der Waals surface area contributed by atoms with E-state index in [0.717, 1.165) is 37.8 Å². The summed E-state index contributed by atoms with van der Waals surface area (Å²) in [4.78, 5) is 4.65. The lowest BCUT2D eigenvalue weighted by Gasteiger charge is -2.11. The van der Waals surface area contributed by atoms with Gasteiger partial charge < -0.3 is 5.73 Å². The molecule has 0 aliphatic rings. The lowest BCUT2D eigenvalue weighted by atomic mass is 10.1. The third kappa shape index (κ3) is 1.86. The first-order chi connectivity index (χ1) is 7.54. The number of aromatic nitrogens is 1. The number of rotatable bonds is 1. The van der Waals surface area contributed by atoms with E-state index in [9.17, 15) is 0 Å². The van der Waals surface area contributed by atoms with Crippen molar-refractivity contribution in [2.75, 3.05) is 5.73 Å². The highest BCUT2D eigenvalue weighted by Gasteiger charge is 2.11. The molecule has 0 unspecified atom stereocenters. The summed E-state index contributed by atoms with van der Waals surface area (Å²) in [7, 11) is 0. The first kappa shape index (κ1) is 11.9. The Morgan fingerprint density at radius 3 is 2.75 bits per heavy atom. The van der Waals surface area contributed by atoms with Crippen LogP contribution in [0.3, 0.4) is 0 Å². The van der Waals surface area contributed by atoms with E-state index in [1.807, 2.05) is 19.1 Å². The maximum atomic E-state index is 6.13. The minimum Gasteiger partial charge on any atom is -0.398 e. The van der Waals surface area contributed by atoms with Crippen molar-refractivity contribution in [2.45, 2.75) is 20.3 Å². The van der Waals surface area contributed by atoms with Gasteiger partial charge in [0.2, 0.25) is 0 Å². The van der Waals surface area contributed by atoms with Crippen LogP contribution in [-0.2, 0) is 6.42 Å². The maximum absolute atomic E-state index is 6.13. The molecule has 1 aromatic heterocycles. The van der Waals surface area contributed by atoms with Crippen molar-refractivity contribution in [3.8, 4) is 0 Å². The van der Waals surface area contributed by atoms with Gasteiger partial charge in [0.15, 0.2) is 0 Å². The molecule has 0 amide bonds. The topological polar surface area (TPSA) is 38.9 Å². The molecule has 0 fully saturated rings. The summed E-state index contributed by atoms with van der Waals surface area (Å²) in [5.41, 5.74) is 10.00. The van der Waals surface area contributed by atoms with Crippen LogP contribution in [0.2, 0.25) is 5.02 Å². The van der Waals surface area contributed by atoms with Gasteiger partial charge in [0.05, 0.1) is 5.52 Å². The second-order valence-corrected chi connectivity index (χ2v) is 5.33. The van der Waals surface area contributed by atoms with Crippen LogP contribution in [0.25, 0.3) is 10.9 Å². The van der Waals surface area contributed by atoms with Gasteiger partial charge in [-0.05, 0) is 53.6 Å². The lowest BCUT2D eigenvalue weighted by Crippen LogP contribution is -2.01. The van der Waals surface area contributed by atoms with E-state index in [1.54, 1.807) is 0 Å². The van der Waals surface area contributed by atoms with Gasteiger partial charge in [-0.15, -0.1) is 0 Å². The standard InChI is InChI=1S/C12H12ClIN2/c1-3-10-6(2)11(15)8-4-7(13)5-9(14)12(8)16-10/h4-5H,3H2,1-2H3,(H2,15,16). The van der Waals surface area contributed by atoms with Gasteiger partial charge in [-0.3, -0.25) is 4.98 Å².